The van der Waals surface area contributed by atoms with Crippen LogP contribution in [0.2, 0.25) is 0 Å². The average molecular weight is 210 g/mol. The Labute approximate surface area is 92.5 Å². The fraction of sp³-hybridized carbons (Fsp3) is 0.917. The third-order valence-electron chi connectivity index (χ3n) is 3.47. The van der Waals surface area contributed by atoms with Gasteiger partial charge in [0.1, 0.15) is 5.54 Å². The van der Waals surface area contributed by atoms with Gasteiger partial charge in [-0.3, -0.25) is 5.32 Å². The molecule has 1 aliphatic rings. The zero-order valence-corrected chi connectivity index (χ0v) is 9.84. The Hall–Kier alpha value is -0.590. The lowest BCUT2D eigenvalue weighted by Gasteiger charge is -2.27. The summed E-state index contributed by atoms with van der Waals surface area (Å²) in [5, 5.41) is 21.3. The zero-order chi connectivity index (χ0) is 11.4. The second-order valence-electron chi connectivity index (χ2n) is 5.36. The number of aliphatic hydroxyl groups excluding tert-OH is 1. The summed E-state index contributed by atoms with van der Waals surface area (Å²) >= 11 is 0. The summed E-state index contributed by atoms with van der Waals surface area (Å²) in [6, 6.07) is 2.41. The lowest BCUT2D eigenvalue weighted by Crippen LogP contribution is -2.45. The maximum atomic E-state index is 9.27. The first-order chi connectivity index (χ1) is 7.04. The van der Waals surface area contributed by atoms with Gasteiger partial charge in [0.15, 0.2) is 0 Å². The Balaban J connectivity index is 2.63. The van der Waals surface area contributed by atoms with Gasteiger partial charge in [-0.1, -0.05) is 20.3 Å². The largest absolute Gasteiger partial charge is 0.395 e. The summed E-state index contributed by atoms with van der Waals surface area (Å²) in [6.45, 7) is 5.17. The third-order valence-corrected chi connectivity index (χ3v) is 3.47. The number of nitriles is 1. The van der Waals surface area contributed by atoms with E-state index in [1.54, 1.807) is 0 Å². The molecule has 0 bridgehead atoms. The predicted octanol–water partition coefficient (Wildman–Crippen LogP) is 1.82. The number of aliphatic hydroxyl groups is 1. The van der Waals surface area contributed by atoms with Gasteiger partial charge in [-0.15, -0.1) is 0 Å². The Bertz CT molecular complexity index is 244. The summed E-state index contributed by atoms with van der Waals surface area (Å²) in [5.74, 6) is 0. The van der Waals surface area contributed by atoms with Gasteiger partial charge in [-0.05, 0) is 31.1 Å². The summed E-state index contributed by atoms with van der Waals surface area (Å²) in [6.07, 6.45) is 5.18. The monoisotopic (exact) mass is 210 g/mol. The van der Waals surface area contributed by atoms with Crippen molar-refractivity contribution in [3.05, 3.63) is 0 Å². The molecular weight excluding hydrogens is 188 g/mol. The molecule has 15 heavy (non-hydrogen) atoms. The topological polar surface area (TPSA) is 56.0 Å². The maximum absolute atomic E-state index is 9.27. The number of β-amino-alcohol motifs (C(OH)–C–C–N with tert-alkyl or cyclic N) is 1. The molecular formula is C12H22N2O. The van der Waals surface area contributed by atoms with Gasteiger partial charge in [0.05, 0.1) is 12.7 Å². The molecule has 0 saturated heterocycles. The second-order valence-corrected chi connectivity index (χ2v) is 5.36. The average Bonchev–Trinajstić information content (AvgIpc) is 2.35. The molecule has 0 aromatic carbocycles. The molecule has 0 aliphatic heterocycles. The van der Waals surface area contributed by atoms with Crippen molar-refractivity contribution in [2.45, 2.75) is 51.5 Å². The van der Waals surface area contributed by atoms with Gasteiger partial charge >= 0.3 is 0 Å². The van der Waals surface area contributed by atoms with E-state index in [1.807, 2.05) is 0 Å². The van der Waals surface area contributed by atoms with Crippen LogP contribution < -0.4 is 5.32 Å². The van der Waals surface area contributed by atoms with E-state index in [2.05, 4.69) is 25.2 Å². The van der Waals surface area contributed by atoms with E-state index in [0.717, 1.165) is 25.7 Å². The number of rotatable bonds is 3. The molecule has 1 fully saturated rings. The third kappa shape index (κ3) is 3.48. The minimum atomic E-state index is -0.392. The van der Waals surface area contributed by atoms with E-state index in [-0.39, 0.29) is 6.61 Å². The molecule has 1 atom stereocenters. The van der Waals surface area contributed by atoms with Crippen molar-refractivity contribution in [1.82, 2.24) is 5.32 Å². The quantitative estimate of drug-likeness (QED) is 0.699. The molecule has 0 heterocycles. The minimum Gasteiger partial charge on any atom is -0.395 e. The molecule has 0 radical (unpaired) electrons. The minimum absolute atomic E-state index is 0.104. The number of hydrogen-bond donors (Lipinski definition) is 2. The molecule has 1 unspecified atom stereocenters. The second kappa shape index (κ2) is 4.96. The standard InChI is InChI=1S/C12H22N2O/c1-11(2)4-3-5-12(10-13,7-6-11)14-8-9-15/h14-15H,3-9H2,1-2H3. The van der Waals surface area contributed by atoms with Crippen LogP contribution in [0.15, 0.2) is 0 Å². The predicted molar refractivity (Wildman–Crippen MR) is 60.3 cm³/mol. The van der Waals surface area contributed by atoms with E-state index in [4.69, 9.17) is 5.11 Å². The van der Waals surface area contributed by atoms with E-state index >= 15 is 0 Å². The van der Waals surface area contributed by atoms with Crippen LogP contribution in [-0.2, 0) is 0 Å². The summed E-state index contributed by atoms with van der Waals surface area (Å²) in [7, 11) is 0. The molecule has 0 amide bonds. The van der Waals surface area contributed by atoms with Gasteiger partial charge in [-0.2, -0.15) is 5.26 Å². The molecule has 3 nitrogen and oxygen atoms in total. The first kappa shape index (κ1) is 12.5. The highest BCUT2D eigenvalue weighted by Crippen LogP contribution is 2.37. The lowest BCUT2D eigenvalue weighted by molar-refractivity contribution is 0.257. The number of hydrogen-bond acceptors (Lipinski definition) is 3. The molecule has 0 aromatic heterocycles. The molecule has 1 saturated carbocycles. The van der Waals surface area contributed by atoms with Crippen LogP contribution in [0, 0.1) is 16.7 Å². The van der Waals surface area contributed by atoms with E-state index in [9.17, 15) is 5.26 Å². The van der Waals surface area contributed by atoms with Crippen molar-refractivity contribution in [2.24, 2.45) is 5.41 Å². The zero-order valence-electron chi connectivity index (χ0n) is 9.84. The smallest absolute Gasteiger partial charge is 0.106 e. The van der Waals surface area contributed by atoms with E-state index in [0.29, 0.717) is 12.0 Å². The first-order valence-electron chi connectivity index (χ1n) is 5.81. The van der Waals surface area contributed by atoms with E-state index < -0.39 is 5.54 Å². The van der Waals surface area contributed by atoms with Gasteiger partial charge < -0.3 is 5.11 Å². The van der Waals surface area contributed by atoms with Crippen molar-refractivity contribution < 1.29 is 5.11 Å². The van der Waals surface area contributed by atoms with Gasteiger partial charge in [0.25, 0.3) is 0 Å². The molecule has 0 spiro atoms. The first-order valence-corrected chi connectivity index (χ1v) is 5.81. The number of nitrogens with zero attached hydrogens (tertiary/aromatic N) is 1. The van der Waals surface area contributed by atoms with Crippen molar-refractivity contribution in [3.63, 3.8) is 0 Å². The maximum Gasteiger partial charge on any atom is 0.106 e. The SMILES string of the molecule is CC1(C)CCCC(C#N)(NCCO)CC1. The molecule has 1 aliphatic carbocycles. The highest BCUT2D eigenvalue weighted by molar-refractivity contribution is 5.08. The van der Waals surface area contributed by atoms with Crippen LogP contribution >= 0.6 is 0 Å². The molecule has 86 valence electrons. The van der Waals surface area contributed by atoms with Crippen LogP contribution in [-0.4, -0.2) is 23.8 Å². The summed E-state index contributed by atoms with van der Waals surface area (Å²) < 4.78 is 0. The van der Waals surface area contributed by atoms with Crippen LogP contribution in [0.5, 0.6) is 0 Å². The Morgan fingerprint density at radius 1 is 1.27 bits per heavy atom. The van der Waals surface area contributed by atoms with Crippen LogP contribution in [0.1, 0.15) is 46.0 Å². The van der Waals surface area contributed by atoms with E-state index in [1.165, 1.54) is 6.42 Å². The highest BCUT2D eigenvalue weighted by atomic mass is 16.3. The molecule has 0 aromatic rings. The van der Waals surface area contributed by atoms with Gasteiger partial charge in [-0.25, -0.2) is 0 Å². The van der Waals surface area contributed by atoms with Crippen molar-refractivity contribution >= 4 is 0 Å². The molecule has 2 N–H and O–H groups in total. The van der Waals surface area contributed by atoms with Crippen molar-refractivity contribution in [2.75, 3.05) is 13.2 Å². The lowest BCUT2D eigenvalue weighted by atomic mass is 9.84. The fourth-order valence-electron chi connectivity index (χ4n) is 2.29. The van der Waals surface area contributed by atoms with Gasteiger partial charge in [0.2, 0.25) is 0 Å². The van der Waals surface area contributed by atoms with Crippen LogP contribution in [0.4, 0.5) is 0 Å². The Kier molecular flexibility index (Phi) is 4.12. The summed E-state index contributed by atoms with van der Waals surface area (Å²) in [4.78, 5) is 0. The molecule has 3 heteroatoms. The highest BCUT2D eigenvalue weighted by Gasteiger charge is 2.35. The fourth-order valence-corrected chi connectivity index (χ4v) is 2.29. The van der Waals surface area contributed by atoms with Crippen LogP contribution in [0.3, 0.4) is 0 Å². The Morgan fingerprint density at radius 3 is 2.60 bits per heavy atom. The van der Waals surface area contributed by atoms with Crippen molar-refractivity contribution in [3.8, 4) is 6.07 Å². The molecule has 1 rings (SSSR count). The van der Waals surface area contributed by atoms with Gasteiger partial charge in [0, 0.05) is 6.54 Å². The number of nitrogens with one attached hydrogen (secondary N) is 1. The summed E-state index contributed by atoms with van der Waals surface area (Å²) in [5.41, 5.74) is -0.0318. The van der Waals surface area contributed by atoms with Crippen LogP contribution in [0.25, 0.3) is 0 Å². The Morgan fingerprint density at radius 2 is 2.00 bits per heavy atom. The van der Waals surface area contributed by atoms with Crippen molar-refractivity contribution in [1.29, 1.82) is 5.26 Å². The normalized spacial score (nSPS) is 30.5.